The second-order valence-electron chi connectivity index (χ2n) is 7.92. The number of rotatable bonds is 3. The van der Waals surface area contributed by atoms with Crippen LogP contribution in [0.2, 0.25) is 0 Å². The highest BCUT2D eigenvalue weighted by atomic mass is 14.6. The maximum atomic E-state index is 6.21. The van der Waals surface area contributed by atoms with E-state index < -0.39 is 0 Å². The third-order valence-electron chi connectivity index (χ3n) is 5.27. The average molecular weight is 287 g/mol. The molecule has 0 aromatic heterocycles. The van der Waals surface area contributed by atoms with E-state index in [2.05, 4.69) is 45.9 Å². The molecule has 1 saturated carbocycles. The molecule has 1 fully saturated rings. The largest absolute Gasteiger partial charge is 0.330 e. The van der Waals surface area contributed by atoms with Gasteiger partial charge in [0, 0.05) is 0 Å². The molecule has 1 heteroatoms. The first-order valence-electron chi connectivity index (χ1n) is 8.74. The van der Waals surface area contributed by atoms with Gasteiger partial charge in [-0.05, 0) is 60.3 Å². The number of nitrogens with two attached hydrogens (primary N) is 1. The Balaban J connectivity index is 2.32. The van der Waals surface area contributed by atoms with Crippen molar-refractivity contribution < 1.29 is 0 Å². The van der Waals surface area contributed by atoms with Gasteiger partial charge in [-0.3, -0.25) is 0 Å². The Morgan fingerprint density at radius 3 is 2.24 bits per heavy atom. The number of hydrogen-bond acceptors (Lipinski definition) is 1. The molecule has 1 aromatic carbocycles. The third kappa shape index (κ3) is 4.10. The van der Waals surface area contributed by atoms with Crippen LogP contribution in [0.3, 0.4) is 0 Å². The quantitative estimate of drug-likeness (QED) is 0.749. The number of aryl methyl sites for hydroxylation is 1. The van der Waals surface area contributed by atoms with E-state index in [4.69, 9.17) is 5.73 Å². The lowest BCUT2D eigenvalue weighted by atomic mass is 9.77. The molecule has 1 unspecified atom stereocenters. The number of benzene rings is 1. The van der Waals surface area contributed by atoms with Crippen LogP contribution in [0.1, 0.15) is 81.9 Å². The lowest BCUT2D eigenvalue weighted by molar-refractivity contribution is 0.378. The van der Waals surface area contributed by atoms with E-state index in [-0.39, 0.29) is 5.41 Å². The van der Waals surface area contributed by atoms with Gasteiger partial charge in [-0.2, -0.15) is 0 Å². The van der Waals surface area contributed by atoms with Crippen LogP contribution in [-0.2, 0) is 5.41 Å². The summed E-state index contributed by atoms with van der Waals surface area (Å²) < 4.78 is 0. The van der Waals surface area contributed by atoms with Crippen molar-refractivity contribution in [3.05, 3.63) is 34.9 Å². The van der Waals surface area contributed by atoms with Gasteiger partial charge in [-0.1, -0.05) is 64.7 Å². The molecule has 1 aliphatic carbocycles. The van der Waals surface area contributed by atoms with Gasteiger partial charge in [0.1, 0.15) is 0 Å². The molecule has 0 aliphatic heterocycles. The highest BCUT2D eigenvalue weighted by molar-refractivity contribution is 5.37. The van der Waals surface area contributed by atoms with Gasteiger partial charge in [0.25, 0.3) is 0 Å². The third-order valence-corrected chi connectivity index (χ3v) is 5.27. The maximum absolute atomic E-state index is 6.21. The van der Waals surface area contributed by atoms with Gasteiger partial charge in [-0.15, -0.1) is 0 Å². The minimum Gasteiger partial charge on any atom is -0.330 e. The smallest absolute Gasteiger partial charge is 0.000546 e. The van der Waals surface area contributed by atoms with E-state index in [1.807, 2.05) is 0 Å². The minimum atomic E-state index is 0.213. The lowest BCUT2D eigenvalue weighted by Crippen LogP contribution is -2.23. The fourth-order valence-corrected chi connectivity index (χ4v) is 3.79. The van der Waals surface area contributed by atoms with Gasteiger partial charge >= 0.3 is 0 Å². The van der Waals surface area contributed by atoms with Crippen LogP contribution in [-0.4, -0.2) is 6.54 Å². The van der Waals surface area contributed by atoms with Crippen molar-refractivity contribution in [2.24, 2.45) is 11.7 Å². The SMILES string of the molecule is Cc1ccc(C(C)(C)C)cc1C(CN)C1CCCCCC1. The Morgan fingerprint density at radius 2 is 1.71 bits per heavy atom. The monoisotopic (exact) mass is 287 g/mol. The van der Waals surface area contributed by atoms with Crippen molar-refractivity contribution in [3.8, 4) is 0 Å². The summed E-state index contributed by atoms with van der Waals surface area (Å²) in [5.41, 5.74) is 10.8. The Kier molecular flexibility index (Phi) is 5.48. The Labute approximate surface area is 131 Å². The second-order valence-corrected chi connectivity index (χ2v) is 7.92. The molecule has 1 nitrogen and oxygen atoms in total. The molecule has 0 radical (unpaired) electrons. The van der Waals surface area contributed by atoms with Crippen molar-refractivity contribution in [1.82, 2.24) is 0 Å². The second kappa shape index (κ2) is 6.96. The van der Waals surface area contributed by atoms with Crippen LogP contribution in [0.25, 0.3) is 0 Å². The molecular weight excluding hydrogens is 254 g/mol. The molecular formula is C20H33N. The molecule has 0 heterocycles. The molecule has 1 aromatic rings. The molecule has 0 bridgehead atoms. The van der Waals surface area contributed by atoms with Crippen LogP contribution in [0, 0.1) is 12.8 Å². The van der Waals surface area contributed by atoms with Crippen molar-refractivity contribution in [2.45, 2.75) is 77.6 Å². The Morgan fingerprint density at radius 1 is 1.10 bits per heavy atom. The zero-order valence-electron chi connectivity index (χ0n) is 14.4. The molecule has 2 rings (SSSR count). The summed E-state index contributed by atoms with van der Waals surface area (Å²) >= 11 is 0. The van der Waals surface area contributed by atoms with E-state index in [1.165, 1.54) is 55.2 Å². The summed E-state index contributed by atoms with van der Waals surface area (Å²) in [5, 5.41) is 0. The van der Waals surface area contributed by atoms with Crippen LogP contribution in [0.4, 0.5) is 0 Å². The highest BCUT2D eigenvalue weighted by Gasteiger charge is 2.25. The zero-order chi connectivity index (χ0) is 15.5. The maximum Gasteiger partial charge on any atom is -0.000546 e. The fraction of sp³-hybridized carbons (Fsp3) is 0.700. The zero-order valence-corrected chi connectivity index (χ0v) is 14.4. The van der Waals surface area contributed by atoms with Gasteiger partial charge < -0.3 is 5.73 Å². The summed E-state index contributed by atoms with van der Waals surface area (Å²) in [6.07, 6.45) is 8.32. The molecule has 1 aliphatic rings. The molecule has 21 heavy (non-hydrogen) atoms. The average Bonchev–Trinajstić information content (AvgIpc) is 2.69. The summed E-state index contributed by atoms with van der Waals surface area (Å²) in [4.78, 5) is 0. The van der Waals surface area contributed by atoms with Crippen LogP contribution in [0.15, 0.2) is 18.2 Å². The first-order chi connectivity index (χ1) is 9.93. The van der Waals surface area contributed by atoms with E-state index in [0.29, 0.717) is 5.92 Å². The van der Waals surface area contributed by atoms with Crippen LogP contribution >= 0.6 is 0 Å². The van der Waals surface area contributed by atoms with Gasteiger partial charge in [0.15, 0.2) is 0 Å². The molecule has 2 N–H and O–H groups in total. The first-order valence-corrected chi connectivity index (χ1v) is 8.74. The first kappa shape index (κ1) is 16.5. The summed E-state index contributed by atoms with van der Waals surface area (Å²) in [6, 6.07) is 7.03. The summed E-state index contributed by atoms with van der Waals surface area (Å²) in [7, 11) is 0. The molecule has 0 spiro atoms. The van der Waals surface area contributed by atoms with Crippen LogP contribution < -0.4 is 5.73 Å². The molecule has 118 valence electrons. The topological polar surface area (TPSA) is 26.0 Å². The minimum absolute atomic E-state index is 0.213. The van der Waals surface area contributed by atoms with Crippen molar-refractivity contribution in [3.63, 3.8) is 0 Å². The standard InChI is InChI=1S/C20H33N/c1-15-11-12-17(20(2,3)4)13-18(15)19(14-21)16-9-7-5-6-8-10-16/h11-13,16,19H,5-10,14,21H2,1-4H3. The highest BCUT2D eigenvalue weighted by Crippen LogP contribution is 2.37. The molecule has 1 atom stereocenters. The van der Waals surface area contributed by atoms with Gasteiger partial charge in [-0.25, -0.2) is 0 Å². The Bertz CT molecular complexity index is 447. The molecule has 0 saturated heterocycles. The molecule has 0 amide bonds. The van der Waals surface area contributed by atoms with E-state index in [0.717, 1.165) is 12.5 Å². The van der Waals surface area contributed by atoms with E-state index in [9.17, 15) is 0 Å². The predicted octanol–water partition coefficient (Wildman–Crippen LogP) is 5.31. The summed E-state index contributed by atoms with van der Waals surface area (Å²) in [5.74, 6) is 1.33. The lowest BCUT2D eigenvalue weighted by Gasteiger charge is -2.29. The normalized spacial score (nSPS) is 19.3. The number of hydrogen-bond donors (Lipinski definition) is 1. The fourth-order valence-electron chi connectivity index (χ4n) is 3.79. The van der Waals surface area contributed by atoms with Gasteiger partial charge in [0.05, 0.1) is 0 Å². The Hall–Kier alpha value is -0.820. The van der Waals surface area contributed by atoms with Crippen molar-refractivity contribution >= 4 is 0 Å². The predicted molar refractivity (Wildman–Crippen MR) is 92.9 cm³/mol. The van der Waals surface area contributed by atoms with E-state index in [1.54, 1.807) is 0 Å². The summed E-state index contributed by atoms with van der Waals surface area (Å²) in [6.45, 7) is 9.93. The van der Waals surface area contributed by atoms with E-state index >= 15 is 0 Å². The van der Waals surface area contributed by atoms with Crippen molar-refractivity contribution in [2.75, 3.05) is 6.54 Å². The van der Waals surface area contributed by atoms with Crippen LogP contribution in [0.5, 0.6) is 0 Å². The van der Waals surface area contributed by atoms with Crippen molar-refractivity contribution in [1.29, 1.82) is 0 Å². The van der Waals surface area contributed by atoms with Gasteiger partial charge in [0.2, 0.25) is 0 Å².